The zero-order valence-corrected chi connectivity index (χ0v) is 29.0. The molecule has 1 heterocycles. The van der Waals surface area contributed by atoms with Crippen LogP contribution < -0.4 is 9.46 Å². The lowest BCUT2D eigenvalue weighted by Crippen LogP contribution is -2.55. The van der Waals surface area contributed by atoms with Crippen LogP contribution in [0.4, 0.5) is 0 Å². The van der Waals surface area contributed by atoms with Crippen molar-refractivity contribution in [1.82, 2.24) is 24.9 Å². The first kappa shape index (κ1) is 36.8. The van der Waals surface area contributed by atoms with Gasteiger partial charge in [-0.15, -0.1) is 5.10 Å². The molecule has 0 bridgehead atoms. The van der Waals surface area contributed by atoms with Crippen LogP contribution in [0.5, 0.6) is 5.75 Å². The Bertz CT molecular complexity index is 1690. The van der Waals surface area contributed by atoms with E-state index in [-0.39, 0.29) is 22.0 Å². The van der Waals surface area contributed by atoms with Gasteiger partial charge in [-0.05, 0) is 65.0 Å². The van der Waals surface area contributed by atoms with Gasteiger partial charge in [-0.1, -0.05) is 113 Å². The van der Waals surface area contributed by atoms with Gasteiger partial charge in [0.05, 0.1) is 24.1 Å². The number of nitrogens with zero attached hydrogens (tertiary/aromatic N) is 4. The molecule has 48 heavy (non-hydrogen) atoms. The van der Waals surface area contributed by atoms with E-state index in [2.05, 4.69) is 27.2 Å². The number of tetrazole rings is 1. The Balaban J connectivity index is 1.63. The molecule has 256 valence electrons. The molecule has 1 atom stereocenters. The second-order valence-corrected chi connectivity index (χ2v) is 14.3. The van der Waals surface area contributed by atoms with Crippen molar-refractivity contribution in [2.75, 3.05) is 12.9 Å². The van der Waals surface area contributed by atoms with Gasteiger partial charge >= 0.3 is 5.97 Å². The number of rotatable bonds is 21. The summed E-state index contributed by atoms with van der Waals surface area (Å²) >= 11 is 0.602. The molecule has 0 amide bonds. The molecule has 0 aliphatic rings. The van der Waals surface area contributed by atoms with Crippen molar-refractivity contribution in [2.45, 2.75) is 81.3 Å². The third-order valence-corrected chi connectivity index (χ3v) is 10.3. The van der Waals surface area contributed by atoms with Crippen LogP contribution in [0.3, 0.4) is 0 Å². The number of sulfonamides is 1. The lowest BCUT2D eigenvalue weighted by atomic mass is 10.1. The molecule has 1 aromatic heterocycles. The standard InChI is InChI=1S/C35H43N5O6S2/c1-3-4-5-6-7-8-9-10-11-18-27-48(43,44)37-35(32(41)28-19-14-12-15-20-28,46-33(42)29-23-25-31(45-2)26-24-29)47-34-36-38-39-40(34)30-21-16-13-17-22-30/h12-17,19-26,37H,3-11,18,27H2,1-2H3. The summed E-state index contributed by atoms with van der Waals surface area (Å²) in [5.74, 6) is -1.50. The zero-order chi connectivity index (χ0) is 34.2. The molecule has 0 fully saturated rings. The second-order valence-electron chi connectivity index (χ2n) is 11.3. The zero-order valence-electron chi connectivity index (χ0n) is 27.4. The van der Waals surface area contributed by atoms with Crippen LogP contribution in [0.2, 0.25) is 0 Å². The van der Waals surface area contributed by atoms with Crippen molar-refractivity contribution in [3.05, 3.63) is 96.1 Å². The minimum atomic E-state index is -4.19. The number of esters is 1. The van der Waals surface area contributed by atoms with Gasteiger partial charge in [-0.2, -0.15) is 9.40 Å². The maximum atomic E-state index is 14.4. The van der Waals surface area contributed by atoms with Gasteiger partial charge in [0.15, 0.2) is 0 Å². The van der Waals surface area contributed by atoms with Gasteiger partial charge in [0.1, 0.15) is 5.75 Å². The SMILES string of the molecule is CCCCCCCCCCCCS(=O)(=O)NC(OC(=O)c1ccc(OC)cc1)(Sc1nnnn1-c1ccccc1)C(=O)c1ccccc1. The number of para-hydroxylation sites is 1. The van der Waals surface area contributed by atoms with Crippen LogP contribution in [0.15, 0.2) is 90.1 Å². The molecule has 0 saturated carbocycles. The number of hydrogen-bond acceptors (Lipinski definition) is 10. The molecule has 4 aromatic rings. The molecule has 0 saturated heterocycles. The molecule has 0 aliphatic carbocycles. The Morgan fingerprint density at radius 3 is 1.98 bits per heavy atom. The van der Waals surface area contributed by atoms with Crippen molar-refractivity contribution in [2.24, 2.45) is 0 Å². The highest BCUT2D eigenvalue weighted by molar-refractivity contribution is 8.02. The van der Waals surface area contributed by atoms with Crippen LogP contribution in [0.1, 0.15) is 91.8 Å². The van der Waals surface area contributed by atoms with Gasteiger partial charge in [-0.3, -0.25) is 4.79 Å². The van der Waals surface area contributed by atoms with Crippen LogP contribution in [-0.4, -0.2) is 58.3 Å². The number of nitrogens with one attached hydrogen (secondary N) is 1. The molecule has 0 radical (unpaired) electrons. The number of hydrogen-bond donors (Lipinski definition) is 1. The van der Waals surface area contributed by atoms with E-state index in [1.807, 2.05) is 6.07 Å². The van der Waals surface area contributed by atoms with E-state index < -0.39 is 26.8 Å². The number of benzene rings is 3. The van der Waals surface area contributed by atoms with Crippen LogP contribution >= 0.6 is 11.8 Å². The third kappa shape index (κ3) is 10.7. The number of methoxy groups -OCH3 is 1. The number of carbonyl (C=O) groups excluding carboxylic acids is 2. The largest absolute Gasteiger partial charge is 0.497 e. The van der Waals surface area contributed by atoms with Gasteiger partial charge in [-0.25, -0.2) is 13.2 Å². The molecular weight excluding hydrogens is 651 g/mol. The Morgan fingerprint density at radius 1 is 0.792 bits per heavy atom. The smallest absolute Gasteiger partial charge is 0.340 e. The van der Waals surface area contributed by atoms with E-state index in [0.717, 1.165) is 19.3 Å². The highest BCUT2D eigenvalue weighted by Gasteiger charge is 2.49. The summed E-state index contributed by atoms with van der Waals surface area (Å²) in [5.41, 5.74) is 0.756. The topological polar surface area (TPSA) is 142 Å². The van der Waals surface area contributed by atoms with E-state index in [1.54, 1.807) is 54.6 Å². The maximum absolute atomic E-state index is 14.4. The van der Waals surface area contributed by atoms with Crippen molar-refractivity contribution in [3.8, 4) is 11.4 Å². The van der Waals surface area contributed by atoms with Crippen molar-refractivity contribution in [3.63, 3.8) is 0 Å². The molecule has 0 spiro atoms. The summed E-state index contributed by atoms with van der Waals surface area (Å²) in [6.45, 7) is 2.20. The van der Waals surface area contributed by atoms with Gasteiger partial charge in [0, 0.05) is 5.56 Å². The highest BCUT2D eigenvalue weighted by atomic mass is 32.2. The van der Waals surface area contributed by atoms with E-state index in [0.29, 0.717) is 36.0 Å². The first-order valence-electron chi connectivity index (χ1n) is 16.3. The lowest BCUT2D eigenvalue weighted by Gasteiger charge is -2.31. The minimum Gasteiger partial charge on any atom is -0.497 e. The molecular formula is C35H43N5O6S2. The van der Waals surface area contributed by atoms with Crippen molar-refractivity contribution >= 4 is 33.5 Å². The van der Waals surface area contributed by atoms with Crippen LogP contribution in [0, 0.1) is 0 Å². The molecule has 4 rings (SSSR count). The fraction of sp³-hybridized carbons (Fsp3) is 0.400. The van der Waals surface area contributed by atoms with E-state index >= 15 is 0 Å². The number of unbranched alkanes of at least 4 members (excludes halogenated alkanes) is 9. The normalized spacial score (nSPS) is 12.7. The fourth-order valence-corrected chi connectivity index (χ4v) is 7.70. The Labute approximate surface area is 286 Å². The summed E-state index contributed by atoms with van der Waals surface area (Å²) in [7, 11) is -2.69. The maximum Gasteiger partial charge on any atom is 0.340 e. The Morgan fingerprint density at radius 2 is 1.38 bits per heavy atom. The van der Waals surface area contributed by atoms with Gasteiger partial charge < -0.3 is 9.47 Å². The summed E-state index contributed by atoms with van der Waals surface area (Å²) in [6.07, 6.45) is 10.3. The monoisotopic (exact) mass is 693 g/mol. The van der Waals surface area contributed by atoms with E-state index in [4.69, 9.17) is 9.47 Å². The summed E-state index contributed by atoms with van der Waals surface area (Å²) in [6, 6.07) is 23.0. The first-order chi connectivity index (χ1) is 23.3. The molecule has 1 unspecified atom stereocenters. The molecule has 13 heteroatoms. The number of thioether (sulfide) groups is 1. The second kappa shape index (κ2) is 18.5. The number of carbonyl (C=O) groups is 2. The summed E-state index contributed by atoms with van der Waals surface area (Å²) < 4.78 is 42.5. The minimum absolute atomic E-state index is 0.0228. The molecule has 0 aliphatic heterocycles. The predicted molar refractivity (Wildman–Crippen MR) is 186 cm³/mol. The van der Waals surface area contributed by atoms with Gasteiger partial charge in [0.2, 0.25) is 21.0 Å². The number of ether oxygens (including phenoxy) is 2. The van der Waals surface area contributed by atoms with Crippen LogP contribution in [0.25, 0.3) is 5.69 Å². The average molecular weight is 694 g/mol. The van der Waals surface area contributed by atoms with Gasteiger partial charge in [0.25, 0.3) is 5.06 Å². The summed E-state index contributed by atoms with van der Waals surface area (Å²) in [5, 5.41) is 9.43. The van der Waals surface area contributed by atoms with Crippen LogP contribution in [-0.2, 0) is 14.8 Å². The lowest BCUT2D eigenvalue weighted by molar-refractivity contribution is 0.0170. The predicted octanol–water partition coefficient (Wildman–Crippen LogP) is 7.00. The molecule has 11 nitrogen and oxygen atoms in total. The first-order valence-corrected chi connectivity index (χ1v) is 18.8. The number of ketones is 1. The molecule has 1 N–H and O–H groups in total. The fourth-order valence-electron chi connectivity index (χ4n) is 5.04. The quantitative estimate of drug-likeness (QED) is 0.0319. The van der Waals surface area contributed by atoms with E-state index in [1.165, 1.54) is 68.2 Å². The highest BCUT2D eigenvalue weighted by Crippen LogP contribution is 2.36. The number of Topliss-reactive ketones (excluding diaryl/α,β-unsaturated/α-hetero) is 1. The van der Waals surface area contributed by atoms with Crippen molar-refractivity contribution < 1.29 is 27.5 Å². The number of aromatic nitrogens is 4. The third-order valence-electron chi connectivity index (χ3n) is 7.63. The Kier molecular flexibility index (Phi) is 14.1. The summed E-state index contributed by atoms with van der Waals surface area (Å²) in [4.78, 5) is 28.1. The molecule has 3 aromatic carbocycles. The average Bonchev–Trinajstić information content (AvgIpc) is 3.57. The Hall–Kier alpha value is -4.07. The van der Waals surface area contributed by atoms with E-state index in [9.17, 15) is 18.0 Å². The van der Waals surface area contributed by atoms with Crippen molar-refractivity contribution in [1.29, 1.82) is 0 Å².